The van der Waals surface area contributed by atoms with Crippen LogP contribution < -0.4 is 4.74 Å². The van der Waals surface area contributed by atoms with Gasteiger partial charge in [-0.2, -0.15) is 0 Å². The second kappa shape index (κ2) is 5.05. The van der Waals surface area contributed by atoms with Crippen molar-refractivity contribution in [1.29, 1.82) is 0 Å². The third-order valence-corrected chi connectivity index (χ3v) is 3.60. The van der Waals surface area contributed by atoms with Crippen molar-refractivity contribution in [3.05, 3.63) is 64.5 Å². The zero-order chi connectivity index (χ0) is 13.2. The van der Waals surface area contributed by atoms with Crippen molar-refractivity contribution in [3.63, 3.8) is 0 Å². The third kappa shape index (κ3) is 2.49. The standard InChI is InChI=1S/C15H13BrN2O/c1-11-5-4-8-18-9-12(17-15(11)18)10-19-14-7-3-2-6-13(14)16/h2-9H,10H2,1H3. The predicted octanol–water partition coefficient (Wildman–Crippen LogP) is 3.98. The monoisotopic (exact) mass is 316 g/mol. The van der Waals surface area contributed by atoms with Crippen LogP contribution in [-0.2, 0) is 6.61 Å². The summed E-state index contributed by atoms with van der Waals surface area (Å²) in [4.78, 5) is 4.58. The van der Waals surface area contributed by atoms with Crippen molar-refractivity contribution in [3.8, 4) is 5.75 Å². The topological polar surface area (TPSA) is 26.5 Å². The number of ether oxygens (including phenoxy) is 1. The molecule has 0 fully saturated rings. The van der Waals surface area contributed by atoms with Crippen molar-refractivity contribution in [1.82, 2.24) is 9.38 Å². The van der Waals surface area contributed by atoms with Crippen LogP contribution in [0.1, 0.15) is 11.3 Å². The summed E-state index contributed by atoms with van der Waals surface area (Å²) in [5.41, 5.74) is 3.06. The smallest absolute Gasteiger partial charge is 0.140 e. The van der Waals surface area contributed by atoms with E-state index in [1.165, 1.54) is 0 Å². The summed E-state index contributed by atoms with van der Waals surface area (Å²) in [7, 11) is 0. The van der Waals surface area contributed by atoms with Crippen molar-refractivity contribution >= 4 is 21.6 Å². The molecule has 0 N–H and O–H groups in total. The normalized spacial score (nSPS) is 10.8. The van der Waals surface area contributed by atoms with Gasteiger partial charge in [-0.3, -0.25) is 0 Å². The van der Waals surface area contributed by atoms with E-state index in [1.54, 1.807) is 0 Å². The average Bonchev–Trinajstić information content (AvgIpc) is 2.82. The summed E-state index contributed by atoms with van der Waals surface area (Å²) in [6.07, 6.45) is 4.00. The SMILES string of the molecule is Cc1cccn2cc(COc3ccccc3Br)nc12. The molecule has 2 aromatic heterocycles. The molecule has 0 aliphatic carbocycles. The fourth-order valence-corrected chi connectivity index (χ4v) is 2.39. The maximum absolute atomic E-state index is 5.77. The average molecular weight is 317 g/mol. The molecular weight excluding hydrogens is 304 g/mol. The van der Waals surface area contributed by atoms with Gasteiger partial charge in [0.05, 0.1) is 10.2 Å². The molecule has 0 atom stereocenters. The Balaban J connectivity index is 1.83. The summed E-state index contributed by atoms with van der Waals surface area (Å²) in [5.74, 6) is 0.830. The number of imidazole rings is 1. The molecule has 0 aliphatic rings. The number of halogens is 1. The molecule has 2 heterocycles. The number of rotatable bonds is 3. The van der Waals surface area contributed by atoms with Gasteiger partial charge in [0.25, 0.3) is 0 Å². The van der Waals surface area contributed by atoms with Crippen LogP contribution in [0.3, 0.4) is 0 Å². The highest BCUT2D eigenvalue weighted by molar-refractivity contribution is 9.10. The number of hydrogen-bond donors (Lipinski definition) is 0. The molecular formula is C15H13BrN2O. The van der Waals surface area contributed by atoms with Crippen molar-refractivity contribution in [2.75, 3.05) is 0 Å². The highest BCUT2D eigenvalue weighted by Crippen LogP contribution is 2.24. The Morgan fingerprint density at radius 2 is 2.05 bits per heavy atom. The first-order chi connectivity index (χ1) is 9.24. The zero-order valence-electron chi connectivity index (χ0n) is 10.5. The van der Waals surface area contributed by atoms with Gasteiger partial charge in [-0.15, -0.1) is 0 Å². The third-order valence-electron chi connectivity index (χ3n) is 2.94. The Kier molecular flexibility index (Phi) is 3.25. The minimum absolute atomic E-state index is 0.462. The maximum Gasteiger partial charge on any atom is 0.140 e. The number of fused-ring (bicyclic) bond motifs is 1. The minimum atomic E-state index is 0.462. The van der Waals surface area contributed by atoms with E-state index in [1.807, 2.05) is 47.1 Å². The molecule has 0 bridgehead atoms. The largest absolute Gasteiger partial charge is 0.486 e. The molecule has 0 saturated carbocycles. The van der Waals surface area contributed by atoms with Crippen LogP contribution in [0.2, 0.25) is 0 Å². The highest BCUT2D eigenvalue weighted by Gasteiger charge is 2.05. The zero-order valence-corrected chi connectivity index (χ0v) is 12.1. The fourth-order valence-electron chi connectivity index (χ4n) is 1.99. The molecule has 3 aromatic rings. The molecule has 4 heteroatoms. The second-order valence-electron chi connectivity index (χ2n) is 4.37. The summed E-state index contributed by atoms with van der Waals surface area (Å²) in [6, 6.07) is 11.9. The van der Waals surface area contributed by atoms with E-state index >= 15 is 0 Å². The van der Waals surface area contributed by atoms with Gasteiger partial charge in [0, 0.05) is 12.4 Å². The van der Waals surface area contributed by atoms with Gasteiger partial charge in [-0.25, -0.2) is 4.98 Å². The number of aryl methyl sites for hydroxylation is 1. The van der Waals surface area contributed by atoms with E-state index in [9.17, 15) is 0 Å². The van der Waals surface area contributed by atoms with Crippen LogP contribution >= 0.6 is 15.9 Å². The predicted molar refractivity (Wildman–Crippen MR) is 78.4 cm³/mol. The number of pyridine rings is 1. The highest BCUT2D eigenvalue weighted by atomic mass is 79.9. The lowest BCUT2D eigenvalue weighted by Crippen LogP contribution is -1.96. The second-order valence-corrected chi connectivity index (χ2v) is 5.23. The molecule has 3 rings (SSSR count). The lowest BCUT2D eigenvalue weighted by molar-refractivity contribution is 0.300. The summed E-state index contributed by atoms with van der Waals surface area (Å²) in [6.45, 7) is 2.52. The first kappa shape index (κ1) is 12.2. The summed E-state index contributed by atoms with van der Waals surface area (Å²) < 4.78 is 8.75. The van der Waals surface area contributed by atoms with Crippen LogP contribution in [0.15, 0.2) is 53.3 Å². The van der Waals surface area contributed by atoms with E-state index in [0.29, 0.717) is 6.61 Å². The van der Waals surface area contributed by atoms with E-state index in [0.717, 1.165) is 27.1 Å². The van der Waals surface area contributed by atoms with Gasteiger partial charge < -0.3 is 9.14 Å². The Labute approximate surface area is 120 Å². The van der Waals surface area contributed by atoms with Gasteiger partial charge in [-0.1, -0.05) is 18.2 Å². The van der Waals surface area contributed by atoms with Crippen LogP contribution in [0.5, 0.6) is 5.75 Å². The molecule has 3 nitrogen and oxygen atoms in total. The lowest BCUT2D eigenvalue weighted by Gasteiger charge is -2.05. The number of aromatic nitrogens is 2. The van der Waals surface area contributed by atoms with E-state index in [2.05, 4.69) is 33.9 Å². The Bertz CT molecular complexity index is 721. The van der Waals surface area contributed by atoms with Crippen LogP contribution in [0.25, 0.3) is 5.65 Å². The molecule has 0 saturated heterocycles. The number of para-hydroxylation sites is 1. The Hall–Kier alpha value is -1.81. The molecule has 19 heavy (non-hydrogen) atoms. The van der Waals surface area contributed by atoms with Crippen molar-refractivity contribution < 1.29 is 4.74 Å². The number of nitrogens with zero attached hydrogens (tertiary/aromatic N) is 2. The molecule has 0 amide bonds. The maximum atomic E-state index is 5.77. The van der Waals surface area contributed by atoms with Crippen molar-refractivity contribution in [2.24, 2.45) is 0 Å². The van der Waals surface area contributed by atoms with Gasteiger partial charge in [0.2, 0.25) is 0 Å². The molecule has 96 valence electrons. The van der Waals surface area contributed by atoms with E-state index < -0.39 is 0 Å². The van der Waals surface area contributed by atoms with Gasteiger partial charge in [0.1, 0.15) is 18.0 Å². The van der Waals surface area contributed by atoms with E-state index in [-0.39, 0.29) is 0 Å². The molecule has 1 aromatic carbocycles. The van der Waals surface area contributed by atoms with Crippen LogP contribution in [0.4, 0.5) is 0 Å². The molecule has 0 spiro atoms. The summed E-state index contributed by atoms with van der Waals surface area (Å²) >= 11 is 3.47. The van der Waals surface area contributed by atoms with Crippen LogP contribution in [-0.4, -0.2) is 9.38 Å². The summed E-state index contributed by atoms with van der Waals surface area (Å²) in [5, 5.41) is 0. The van der Waals surface area contributed by atoms with Crippen LogP contribution in [0, 0.1) is 6.92 Å². The first-order valence-electron chi connectivity index (χ1n) is 6.04. The molecule has 0 radical (unpaired) electrons. The Morgan fingerprint density at radius 3 is 2.84 bits per heavy atom. The van der Waals surface area contributed by atoms with E-state index in [4.69, 9.17) is 4.74 Å². The Morgan fingerprint density at radius 1 is 1.21 bits per heavy atom. The van der Waals surface area contributed by atoms with Gasteiger partial charge >= 0.3 is 0 Å². The lowest BCUT2D eigenvalue weighted by atomic mass is 10.3. The molecule has 0 unspecified atom stereocenters. The number of hydrogen-bond acceptors (Lipinski definition) is 2. The fraction of sp³-hybridized carbons (Fsp3) is 0.133. The quantitative estimate of drug-likeness (QED) is 0.730. The first-order valence-corrected chi connectivity index (χ1v) is 6.84. The molecule has 0 aliphatic heterocycles. The van der Waals surface area contributed by atoms with Gasteiger partial charge in [0.15, 0.2) is 0 Å². The number of benzene rings is 1. The van der Waals surface area contributed by atoms with Gasteiger partial charge in [-0.05, 0) is 46.6 Å². The minimum Gasteiger partial charge on any atom is -0.486 e. The van der Waals surface area contributed by atoms with Crippen molar-refractivity contribution in [2.45, 2.75) is 13.5 Å².